The molecule has 6 aromatic carbocycles. The van der Waals surface area contributed by atoms with Gasteiger partial charge >= 0.3 is 0 Å². The zero-order chi connectivity index (χ0) is 38.1. The minimum Gasteiger partial charge on any atom is -0.456 e. The van der Waals surface area contributed by atoms with Gasteiger partial charge in [-0.25, -0.2) is 0 Å². The second kappa shape index (κ2) is 11.1. The van der Waals surface area contributed by atoms with Gasteiger partial charge in [0.05, 0.1) is 16.8 Å². The lowest BCUT2D eigenvalue weighted by Gasteiger charge is -2.78. The largest absolute Gasteiger partial charge is 0.456 e. The van der Waals surface area contributed by atoms with Crippen molar-refractivity contribution in [3.8, 4) is 11.1 Å². The summed E-state index contributed by atoms with van der Waals surface area (Å²) in [7, 11) is 0. The number of para-hydroxylation sites is 1. The molecule has 57 heavy (non-hydrogen) atoms. The summed E-state index contributed by atoms with van der Waals surface area (Å²) in [5, 5.41) is 2.32. The average Bonchev–Trinajstić information content (AvgIpc) is 3.89. The molecule has 4 fully saturated rings. The van der Waals surface area contributed by atoms with E-state index in [0.717, 1.165) is 57.7 Å². The molecule has 13 rings (SSSR count). The van der Waals surface area contributed by atoms with Gasteiger partial charge in [0.2, 0.25) is 0 Å². The third-order valence-corrected chi connectivity index (χ3v) is 17.8. The van der Waals surface area contributed by atoms with Gasteiger partial charge in [0, 0.05) is 26.3 Å². The number of anilines is 3. The van der Waals surface area contributed by atoms with Crippen molar-refractivity contribution >= 4 is 50.8 Å². The van der Waals surface area contributed by atoms with Crippen LogP contribution in [0.1, 0.15) is 88.5 Å². The van der Waals surface area contributed by atoms with Crippen molar-refractivity contribution in [3.05, 3.63) is 150 Å². The molecule has 4 saturated carbocycles. The maximum Gasteiger partial charge on any atom is 0.137 e. The van der Waals surface area contributed by atoms with Gasteiger partial charge in [-0.05, 0) is 166 Å². The van der Waals surface area contributed by atoms with Crippen LogP contribution in [0.2, 0.25) is 0 Å². The summed E-state index contributed by atoms with van der Waals surface area (Å²) in [6.45, 7) is 9.75. The third kappa shape index (κ3) is 4.10. The van der Waals surface area contributed by atoms with Crippen molar-refractivity contribution in [1.82, 2.24) is 0 Å². The van der Waals surface area contributed by atoms with Crippen LogP contribution in [-0.4, -0.2) is 0 Å². The van der Waals surface area contributed by atoms with E-state index in [2.05, 4.69) is 160 Å². The molecule has 2 spiro atoms. The summed E-state index contributed by atoms with van der Waals surface area (Å²) < 4.78 is 6.50. The zero-order valence-corrected chi connectivity index (χ0v) is 34.3. The fourth-order valence-electron chi connectivity index (χ4n) is 14.3. The van der Waals surface area contributed by atoms with Gasteiger partial charge < -0.3 is 9.32 Å². The molecule has 1 aromatic heterocycles. The Balaban J connectivity index is 0.972. The third-order valence-electron chi connectivity index (χ3n) is 16.6. The lowest BCUT2D eigenvalue weighted by atomic mass is 9.26. The van der Waals surface area contributed by atoms with Crippen LogP contribution in [0.25, 0.3) is 33.1 Å². The van der Waals surface area contributed by atoms with Crippen LogP contribution in [0.4, 0.5) is 17.1 Å². The minimum absolute atomic E-state index is 0.0289. The fourth-order valence-corrected chi connectivity index (χ4v) is 15.5. The van der Waals surface area contributed by atoms with Crippen LogP contribution >= 0.6 is 11.8 Å². The van der Waals surface area contributed by atoms with Crippen molar-refractivity contribution in [3.63, 3.8) is 0 Å². The van der Waals surface area contributed by atoms with Gasteiger partial charge in [-0.3, -0.25) is 0 Å². The van der Waals surface area contributed by atoms with Gasteiger partial charge in [-0.15, -0.1) is 0 Å². The summed E-state index contributed by atoms with van der Waals surface area (Å²) in [5.41, 5.74) is 15.2. The number of fused-ring (bicyclic) bond motifs is 11. The lowest BCUT2D eigenvalue weighted by molar-refractivity contribution is -0.235. The van der Waals surface area contributed by atoms with Crippen LogP contribution in [0, 0.1) is 29.1 Å². The number of hydrogen-bond acceptors (Lipinski definition) is 3. The smallest absolute Gasteiger partial charge is 0.137 e. The van der Waals surface area contributed by atoms with E-state index in [-0.39, 0.29) is 16.2 Å². The molecule has 0 amide bonds. The molecule has 6 unspecified atom stereocenters. The Morgan fingerprint density at radius 2 is 1.30 bits per heavy atom. The highest BCUT2D eigenvalue weighted by molar-refractivity contribution is 7.99. The molecule has 2 bridgehead atoms. The first kappa shape index (κ1) is 33.3. The van der Waals surface area contributed by atoms with Gasteiger partial charge in [-0.1, -0.05) is 112 Å². The van der Waals surface area contributed by atoms with Crippen molar-refractivity contribution in [2.75, 3.05) is 4.90 Å². The first-order valence-electron chi connectivity index (χ1n) is 21.6. The fraction of sp³-hybridized carbons (Fsp3) is 0.333. The predicted octanol–water partition coefficient (Wildman–Crippen LogP) is 14.9. The molecular weight excluding hydrogens is 711 g/mol. The molecule has 6 aliphatic rings. The molecule has 7 aromatic rings. The topological polar surface area (TPSA) is 16.4 Å². The summed E-state index contributed by atoms with van der Waals surface area (Å²) in [4.78, 5) is 5.53. The van der Waals surface area contributed by atoms with E-state index < -0.39 is 0 Å². The Kier molecular flexibility index (Phi) is 6.45. The van der Waals surface area contributed by atoms with Crippen molar-refractivity contribution < 1.29 is 4.42 Å². The molecule has 2 heterocycles. The summed E-state index contributed by atoms with van der Waals surface area (Å²) in [5.74, 6) is 3.53. The molecule has 5 aliphatic carbocycles. The van der Waals surface area contributed by atoms with Crippen molar-refractivity contribution in [2.45, 2.75) is 92.3 Å². The highest BCUT2D eigenvalue weighted by atomic mass is 32.2. The molecule has 0 radical (unpaired) electrons. The average molecular weight is 760 g/mol. The van der Waals surface area contributed by atoms with E-state index in [4.69, 9.17) is 4.42 Å². The Hall–Kier alpha value is -4.73. The van der Waals surface area contributed by atoms with E-state index in [1.807, 2.05) is 11.8 Å². The van der Waals surface area contributed by atoms with E-state index in [9.17, 15) is 0 Å². The van der Waals surface area contributed by atoms with E-state index >= 15 is 0 Å². The predicted molar refractivity (Wildman–Crippen MR) is 235 cm³/mol. The summed E-state index contributed by atoms with van der Waals surface area (Å²) in [6.07, 6.45) is 8.19. The number of rotatable bonds is 4. The lowest BCUT2D eigenvalue weighted by Crippen LogP contribution is -2.74. The number of nitrogens with zero attached hydrogens (tertiary/aromatic N) is 1. The van der Waals surface area contributed by atoms with Crippen LogP contribution in [0.15, 0.2) is 142 Å². The molecule has 6 atom stereocenters. The standard InChI is InChI=1S/C54H49NOS/c1-51(2)25-26-52(3,4)50-39(51)13-9-15-42(50)55(41-14-10-17-44-49(41)37-11-5-7-16-43(37)56-44)36-22-19-33(20-23-36)34-21-24-46-40(29-34)54(38-12-6-8-18-45(38)57-46)47-28-32-27-35-30-48(54)53(35,47)31-32/h5-24,29,32,35,47-48H,25-28,30-31H2,1-4H3. The van der Waals surface area contributed by atoms with E-state index in [1.165, 1.54) is 75.5 Å². The second-order valence-corrected chi connectivity index (χ2v) is 21.1. The van der Waals surface area contributed by atoms with Crippen LogP contribution in [0.5, 0.6) is 0 Å². The Bertz CT molecular complexity index is 2840. The van der Waals surface area contributed by atoms with Gasteiger partial charge in [0.25, 0.3) is 0 Å². The number of hydrogen-bond donors (Lipinski definition) is 0. The first-order valence-corrected chi connectivity index (χ1v) is 22.4. The van der Waals surface area contributed by atoms with Gasteiger partial charge in [0.15, 0.2) is 0 Å². The Morgan fingerprint density at radius 3 is 2.18 bits per heavy atom. The van der Waals surface area contributed by atoms with Gasteiger partial charge in [0.1, 0.15) is 11.2 Å². The van der Waals surface area contributed by atoms with Crippen molar-refractivity contribution in [2.24, 2.45) is 29.1 Å². The highest BCUT2D eigenvalue weighted by Crippen LogP contribution is 2.89. The van der Waals surface area contributed by atoms with Crippen molar-refractivity contribution in [1.29, 1.82) is 0 Å². The minimum atomic E-state index is 0.0289. The van der Waals surface area contributed by atoms with E-state index in [0.29, 0.717) is 5.41 Å². The van der Waals surface area contributed by atoms with Gasteiger partial charge in [-0.2, -0.15) is 0 Å². The SMILES string of the molecule is CC1(C)CCC(C)(C)c2c(N(c3ccc(-c4ccc5c(c4)C4(c6ccccc6S5)C5CC6CC7CC4C75C6)cc3)c3cccc4oc5ccccc5c34)cccc21. The molecule has 0 saturated heterocycles. The second-order valence-electron chi connectivity index (χ2n) is 20.0. The Morgan fingerprint density at radius 1 is 0.596 bits per heavy atom. The highest BCUT2D eigenvalue weighted by Gasteiger charge is 2.84. The van der Waals surface area contributed by atoms with E-state index in [1.54, 1.807) is 11.1 Å². The quantitative estimate of drug-likeness (QED) is 0.178. The maximum absolute atomic E-state index is 6.50. The number of furan rings is 1. The first-order chi connectivity index (χ1) is 27.7. The Labute approximate surface area is 340 Å². The van der Waals surface area contributed by atoms with Crippen LogP contribution < -0.4 is 4.90 Å². The molecule has 0 N–H and O–H groups in total. The summed E-state index contributed by atoms with van der Waals surface area (Å²) in [6, 6.07) is 48.6. The molecular formula is C54H49NOS. The molecule has 2 nitrogen and oxygen atoms in total. The van der Waals surface area contributed by atoms with Crippen LogP contribution in [0.3, 0.4) is 0 Å². The molecule has 282 valence electrons. The normalized spacial score (nSPS) is 29.0. The maximum atomic E-state index is 6.50. The molecule has 3 heteroatoms. The number of benzene rings is 6. The van der Waals surface area contributed by atoms with Crippen LogP contribution in [-0.2, 0) is 16.2 Å². The monoisotopic (exact) mass is 759 g/mol. The zero-order valence-electron chi connectivity index (χ0n) is 33.4. The summed E-state index contributed by atoms with van der Waals surface area (Å²) >= 11 is 2.01. The molecule has 1 aliphatic heterocycles.